The monoisotopic (exact) mass is 657 g/mol. The Hall–Kier alpha value is -3.81. The number of rotatable bonds is 14. The zero-order valence-electron chi connectivity index (χ0n) is 26.5. The van der Waals surface area contributed by atoms with Crippen molar-refractivity contribution in [2.24, 2.45) is 29.1 Å². The van der Waals surface area contributed by atoms with Crippen LogP contribution in [0.1, 0.15) is 64.4 Å². The van der Waals surface area contributed by atoms with E-state index in [4.69, 9.17) is 14.4 Å². The molecule has 2 atom stereocenters. The average Bonchev–Trinajstić information content (AvgIpc) is 3.33. The Morgan fingerprint density at radius 1 is 0.851 bits per heavy atom. The Morgan fingerprint density at radius 3 is 2.15 bits per heavy atom. The number of carbonyl (C=O) groups is 3. The third-order valence-corrected chi connectivity index (χ3v) is 9.44. The van der Waals surface area contributed by atoms with Crippen molar-refractivity contribution in [2.45, 2.75) is 83.9 Å². The summed E-state index contributed by atoms with van der Waals surface area (Å²) in [4.78, 5) is 51.4. The summed E-state index contributed by atoms with van der Waals surface area (Å²) < 4.78 is 41.5. The maximum Gasteiger partial charge on any atom is 0.586 e. The van der Waals surface area contributed by atoms with Gasteiger partial charge in [0.25, 0.3) is 11.8 Å². The minimum absolute atomic E-state index is 0.0149. The summed E-state index contributed by atoms with van der Waals surface area (Å²) in [5, 5.41) is 2.60. The van der Waals surface area contributed by atoms with Crippen LogP contribution in [-0.4, -0.2) is 42.8 Å². The standard InChI is InChI=1S/C34H41F2N3O8/c1-20(2)10-28(30(40)37-25-8-9-26-27(14-25)45-34(35,36)44-26)46-38-31(41)29(19-43-18-21-6-4-3-5-7-21)47-39-32(42)33-15-22-11-23(16-33)13-24(12-22)17-33/h3-9,14,20,22-24,28-29H,10-13,15-19H2,1-2H3,(H,37,40)(H,38,41)(H,39,42)/t22?,23?,24?,28-,29+,33?/m0/s1. The van der Waals surface area contributed by atoms with E-state index in [0.29, 0.717) is 17.8 Å². The van der Waals surface area contributed by atoms with Gasteiger partial charge in [-0.05, 0) is 86.3 Å². The fourth-order valence-electron chi connectivity index (χ4n) is 7.72. The van der Waals surface area contributed by atoms with Crippen molar-refractivity contribution >= 4 is 23.4 Å². The first-order chi connectivity index (χ1) is 22.5. The molecule has 5 aliphatic rings. The first-order valence-corrected chi connectivity index (χ1v) is 16.2. The van der Waals surface area contributed by atoms with Crippen LogP contribution in [0.4, 0.5) is 14.5 Å². The van der Waals surface area contributed by atoms with Gasteiger partial charge in [0.2, 0.25) is 5.91 Å². The summed E-state index contributed by atoms with van der Waals surface area (Å²) in [6.07, 6.45) is 0.0116. The maximum atomic E-state index is 13.5. The lowest BCUT2D eigenvalue weighted by Crippen LogP contribution is -2.55. The lowest BCUT2D eigenvalue weighted by molar-refractivity contribution is -0.286. The molecule has 254 valence electrons. The molecule has 1 heterocycles. The van der Waals surface area contributed by atoms with Gasteiger partial charge < -0.3 is 19.5 Å². The number of halogens is 2. The summed E-state index contributed by atoms with van der Waals surface area (Å²) >= 11 is 0. The van der Waals surface area contributed by atoms with Crippen molar-refractivity contribution in [1.29, 1.82) is 0 Å². The van der Waals surface area contributed by atoms with E-state index in [-0.39, 0.29) is 48.6 Å². The molecule has 0 aromatic heterocycles. The molecule has 7 rings (SSSR count). The lowest BCUT2D eigenvalue weighted by Gasteiger charge is -2.55. The number of benzene rings is 2. The highest BCUT2D eigenvalue weighted by Crippen LogP contribution is 2.60. The van der Waals surface area contributed by atoms with Crippen LogP contribution in [0.5, 0.6) is 11.5 Å². The highest BCUT2D eigenvalue weighted by molar-refractivity contribution is 5.94. The molecular weight excluding hydrogens is 616 g/mol. The molecule has 11 nitrogen and oxygen atoms in total. The summed E-state index contributed by atoms with van der Waals surface area (Å²) in [5.41, 5.74) is 5.47. The second-order valence-corrected chi connectivity index (χ2v) is 13.8. The minimum atomic E-state index is -3.79. The Morgan fingerprint density at radius 2 is 1.49 bits per heavy atom. The number of hydrogen-bond acceptors (Lipinski definition) is 8. The zero-order valence-corrected chi connectivity index (χ0v) is 26.5. The smallest absolute Gasteiger partial charge is 0.395 e. The molecule has 0 saturated heterocycles. The number of fused-ring (bicyclic) bond motifs is 1. The van der Waals surface area contributed by atoms with Crippen molar-refractivity contribution in [1.82, 2.24) is 11.0 Å². The fraction of sp³-hybridized carbons (Fsp3) is 0.559. The molecule has 3 N–H and O–H groups in total. The number of carbonyl (C=O) groups excluding carboxylic acids is 3. The lowest BCUT2D eigenvalue weighted by atomic mass is 9.49. The quantitative estimate of drug-likeness (QED) is 0.235. The number of anilines is 1. The third kappa shape index (κ3) is 8.02. The number of hydroxylamine groups is 2. The van der Waals surface area contributed by atoms with Crippen molar-refractivity contribution in [3.8, 4) is 11.5 Å². The second kappa shape index (κ2) is 13.7. The van der Waals surface area contributed by atoms with Gasteiger partial charge in [0, 0.05) is 11.8 Å². The minimum Gasteiger partial charge on any atom is -0.395 e. The normalized spacial score (nSPS) is 26.1. The molecule has 1 aliphatic heterocycles. The van der Waals surface area contributed by atoms with Crippen LogP contribution < -0.4 is 25.8 Å². The molecule has 2 aromatic rings. The Balaban J connectivity index is 1.08. The third-order valence-electron chi connectivity index (χ3n) is 9.44. The van der Waals surface area contributed by atoms with Gasteiger partial charge in [-0.3, -0.25) is 24.1 Å². The maximum absolute atomic E-state index is 13.5. The second-order valence-electron chi connectivity index (χ2n) is 13.8. The number of nitrogens with one attached hydrogen (secondary N) is 3. The highest BCUT2D eigenvalue weighted by Gasteiger charge is 2.55. The van der Waals surface area contributed by atoms with E-state index in [1.165, 1.54) is 37.5 Å². The van der Waals surface area contributed by atoms with Gasteiger partial charge in [-0.15, -0.1) is 8.78 Å². The van der Waals surface area contributed by atoms with Crippen LogP contribution in [-0.2, 0) is 35.4 Å². The molecule has 0 unspecified atom stereocenters. The Bertz CT molecular complexity index is 1420. The van der Waals surface area contributed by atoms with E-state index < -0.39 is 35.7 Å². The largest absolute Gasteiger partial charge is 0.586 e. The van der Waals surface area contributed by atoms with E-state index in [1.807, 2.05) is 44.2 Å². The SMILES string of the molecule is CC(C)C[C@H](ONC(=O)[C@@H](COCc1ccccc1)ONC(=O)C12CC3CC(CC(C3)C1)C2)C(=O)Nc1ccc2c(c1)OC(F)(F)O2. The predicted octanol–water partition coefficient (Wildman–Crippen LogP) is 5.26. The molecule has 2 aromatic carbocycles. The molecule has 3 amide bonds. The van der Waals surface area contributed by atoms with Crippen molar-refractivity contribution < 1.29 is 47.1 Å². The fourth-order valence-corrected chi connectivity index (χ4v) is 7.72. The number of alkyl halides is 2. The van der Waals surface area contributed by atoms with Gasteiger partial charge >= 0.3 is 6.29 Å². The molecule has 4 aliphatic carbocycles. The van der Waals surface area contributed by atoms with Crippen molar-refractivity contribution in [3.63, 3.8) is 0 Å². The summed E-state index contributed by atoms with van der Waals surface area (Å²) in [6, 6.07) is 13.2. The Labute approximate surface area is 271 Å². The van der Waals surface area contributed by atoms with E-state index in [0.717, 1.165) is 24.8 Å². The van der Waals surface area contributed by atoms with Gasteiger partial charge in [-0.25, -0.2) is 11.0 Å². The van der Waals surface area contributed by atoms with Crippen LogP contribution >= 0.6 is 0 Å². The predicted molar refractivity (Wildman–Crippen MR) is 163 cm³/mol. The van der Waals surface area contributed by atoms with Gasteiger partial charge in [0.1, 0.15) is 0 Å². The molecular formula is C34H41F2N3O8. The van der Waals surface area contributed by atoms with Gasteiger partial charge in [0.05, 0.1) is 18.6 Å². The molecule has 4 fully saturated rings. The van der Waals surface area contributed by atoms with Crippen molar-refractivity contribution in [3.05, 3.63) is 54.1 Å². The van der Waals surface area contributed by atoms with Gasteiger partial charge in [0.15, 0.2) is 23.7 Å². The van der Waals surface area contributed by atoms with Gasteiger partial charge in [-0.1, -0.05) is 44.2 Å². The molecule has 4 saturated carbocycles. The van der Waals surface area contributed by atoms with E-state index >= 15 is 0 Å². The molecule has 4 bridgehead atoms. The van der Waals surface area contributed by atoms with Crippen LogP contribution in [0.15, 0.2) is 48.5 Å². The van der Waals surface area contributed by atoms with E-state index in [9.17, 15) is 23.2 Å². The van der Waals surface area contributed by atoms with E-state index in [1.54, 1.807) is 0 Å². The van der Waals surface area contributed by atoms with Crippen LogP contribution in [0.2, 0.25) is 0 Å². The summed E-state index contributed by atoms with van der Waals surface area (Å²) in [7, 11) is 0. The van der Waals surface area contributed by atoms with Gasteiger partial charge in [-0.2, -0.15) is 0 Å². The number of amides is 3. The van der Waals surface area contributed by atoms with Crippen molar-refractivity contribution in [2.75, 3.05) is 11.9 Å². The zero-order chi connectivity index (χ0) is 33.2. The molecule has 0 spiro atoms. The molecule has 0 radical (unpaired) electrons. The number of hydrogen-bond donors (Lipinski definition) is 3. The van der Waals surface area contributed by atoms with Crippen LogP contribution in [0.3, 0.4) is 0 Å². The molecule has 13 heteroatoms. The van der Waals surface area contributed by atoms with Crippen LogP contribution in [0.25, 0.3) is 0 Å². The summed E-state index contributed by atoms with van der Waals surface area (Å²) in [5.74, 6) is -0.340. The average molecular weight is 658 g/mol. The van der Waals surface area contributed by atoms with E-state index in [2.05, 4.69) is 25.8 Å². The first-order valence-electron chi connectivity index (χ1n) is 16.2. The molecule has 47 heavy (non-hydrogen) atoms. The summed E-state index contributed by atoms with van der Waals surface area (Å²) in [6.45, 7) is 3.75. The first kappa shape index (κ1) is 33.1. The van der Waals surface area contributed by atoms with Crippen LogP contribution in [0, 0.1) is 29.1 Å². The number of ether oxygens (including phenoxy) is 3. The Kier molecular flexibility index (Phi) is 9.67. The topological polar surface area (TPSA) is 133 Å². The highest BCUT2D eigenvalue weighted by atomic mass is 19.3.